The van der Waals surface area contributed by atoms with Crippen LogP contribution in [-0.2, 0) is 9.53 Å². The lowest BCUT2D eigenvalue weighted by atomic mass is 10.0. The Balaban J connectivity index is 0.00000289. The fourth-order valence-corrected chi connectivity index (χ4v) is 1.45. The second kappa shape index (κ2) is 7.84. The quantitative estimate of drug-likeness (QED) is 0.605. The molecular formula is C13H18ClNO3. The summed E-state index contributed by atoms with van der Waals surface area (Å²) >= 11 is 0. The van der Waals surface area contributed by atoms with E-state index in [1.807, 2.05) is 18.2 Å². The molecule has 1 rings (SSSR count). The molecule has 1 atom stereocenters. The molecule has 0 amide bonds. The van der Waals surface area contributed by atoms with E-state index >= 15 is 0 Å². The molecule has 0 aliphatic rings. The highest BCUT2D eigenvalue weighted by atomic mass is 35.5. The van der Waals surface area contributed by atoms with Gasteiger partial charge in [0.15, 0.2) is 5.78 Å². The van der Waals surface area contributed by atoms with Crippen LogP contribution >= 0.6 is 12.4 Å². The van der Waals surface area contributed by atoms with Gasteiger partial charge in [0.05, 0.1) is 19.7 Å². The summed E-state index contributed by atoms with van der Waals surface area (Å²) in [6, 6.07) is 8.69. The van der Waals surface area contributed by atoms with E-state index in [0.717, 1.165) is 0 Å². The number of likely N-dealkylation sites (N-methyl/N-ethyl adjacent to an activating group) is 1. The molecule has 0 saturated heterocycles. The number of ether oxygens (including phenoxy) is 1. The number of nitrogens with zero attached hydrogens (tertiary/aromatic N) is 1. The molecule has 1 unspecified atom stereocenters. The maximum absolute atomic E-state index is 12.1. The maximum atomic E-state index is 12.1. The summed E-state index contributed by atoms with van der Waals surface area (Å²) in [7, 11) is 3.06. The van der Waals surface area contributed by atoms with Gasteiger partial charge in [0.1, 0.15) is 0 Å². The molecule has 18 heavy (non-hydrogen) atoms. The second-order valence-electron chi connectivity index (χ2n) is 3.90. The lowest BCUT2D eigenvalue weighted by Gasteiger charge is -2.22. The van der Waals surface area contributed by atoms with Crippen molar-refractivity contribution in [3.05, 3.63) is 35.9 Å². The van der Waals surface area contributed by atoms with E-state index in [2.05, 4.69) is 4.74 Å². The van der Waals surface area contributed by atoms with Crippen LogP contribution in [0.3, 0.4) is 0 Å². The lowest BCUT2D eigenvalue weighted by Crippen LogP contribution is -2.39. The number of esters is 1. The number of carbonyl (C=O) groups is 2. The summed E-state index contributed by atoms with van der Waals surface area (Å²) in [5.41, 5.74) is 0.650. The number of halogens is 1. The van der Waals surface area contributed by atoms with E-state index in [9.17, 15) is 9.59 Å². The zero-order chi connectivity index (χ0) is 12.8. The molecule has 0 aromatic heterocycles. The van der Waals surface area contributed by atoms with Gasteiger partial charge in [-0.2, -0.15) is 0 Å². The molecule has 1 aromatic rings. The van der Waals surface area contributed by atoms with Crippen molar-refractivity contribution >= 4 is 24.2 Å². The van der Waals surface area contributed by atoms with Crippen LogP contribution in [0.1, 0.15) is 17.3 Å². The third-order valence-electron chi connectivity index (χ3n) is 2.71. The fraction of sp³-hybridized carbons (Fsp3) is 0.385. The van der Waals surface area contributed by atoms with Crippen LogP contribution in [0.2, 0.25) is 0 Å². The van der Waals surface area contributed by atoms with E-state index in [0.29, 0.717) is 5.56 Å². The molecule has 1 aromatic carbocycles. The Morgan fingerprint density at radius 3 is 2.33 bits per heavy atom. The Morgan fingerprint density at radius 1 is 1.28 bits per heavy atom. The Morgan fingerprint density at radius 2 is 1.83 bits per heavy atom. The van der Waals surface area contributed by atoms with Crippen LogP contribution in [0.25, 0.3) is 0 Å². The minimum atomic E-state index is -0.350. The number of ketones is 1. The van der Waals surface area contributed by atoms with Gasteiger partial charge in [0, 0.05) is 5.56 Å². The first kappa shape index (κ1) is 16.6. The van der Waals surface area contributed by atoms with Gasteiger partial charge < -0.3 is 4.74 Å². The van der Waals surface area contributed by atoms with Crippen LogP contribution in [0.4, 0.5) is 0 Å². The third-order valence-corrected chi connectivity index (χ3v) is 2.71. The van der Waals surface area contributed by atoms with E-state index in [1.54, 1.807) is 31.0 Å². The summed E-state index contributed by atoms with van der Waals surface area (Å²) < 4.78 is 4.56. The van der Waals surface area contributed by atoms with Crippen molar-refractivity contribution < 1.29 is 14.3 Å². The highest BCUT2D eigenvalue weighted by molar-refractivity contribution is 6.00. The zero-order valence-corrected chi connectivity index (χ0v) is 11.6. The van der Waals surface area contributed by atoms with Crippen molar-refractivity contribution in [3.63, 3.8) is 0 Å². The summed E-state index contributed by atoms with van der Waals surface area (Å²) in [5.74, 6) is -0.350. The summed E-state index contributed by atoms with van der Waals surface area (Å²) in [6.45, 7) is 1.88. The third kappa shape index (κ3) is 4.47. The predicted octanol–water partition coefficient (Wildman–Crippen LogP) is 1.78. The number of hydrogen-bond donors (Lipinski definition) is 0. The van der Waals surface area contributed by atoms with Crippen LogP contribution in [0.5, 0.6) is 0 Å². The van der Waals surface area contributed by atoms with Crippen LogP contribution in [0, 0.1) is 0 Å². The molecule has 100 valence electrons. The van der Waals surface area contributed by atoms with Gasteiger partial charge in [-0.15, -0.1) is 12.4 Å². The second-order valence-corrected chi connectivity index (χ2v) is 3.90. The Hall–Kier alpha value is -1.39. The molecular weight excluding hydrogens is 254 g/mol. The summed E-state index contributed by atoms with van der Waals surface area (Å²) in [4.78, 5) is 24.8. The maximum Gasteiger partial charge on any atom is 0.319 e. The van der Waals surface area contributed by atoms with Gasteiger partial charge in [-0.1, -0.05) is 30.3 Å². The van der Waals surface area contributed by atoms with E-state index in [1.165, 1.54) is 7.11 Å². The highest BCUT2D eigenvalue weighted by Crippen LogP contribution is 2.07. The number of methoxy groups -OCH3 is 1. The van der Waals surface area contributed by atoms with Gasteiger partial charge in [-0.05, 0) is 14.0 Å². The van der Waals surface area contributed by atoms with Crippen molar-refractivity contribution in [2.75, 3.05) is 20.7 Å². The van der Waals surface area contributed by atoms with Crippen LogP contribution in [0.15, 0.2) is 30.3 Å². The number of Topliss-reactive ketones (excluding diaryl/α,β-unsaturated/α-hetero) is 1. The molecule has 0 N–H and O–H groups in total. The molecule has 4 nitrogen and oxygen atoms in total. The van der Waals surface area contributed by atoms with Gasteiger partial charge >= 0.3 is 5.97 Å². The topological polar surface area (TPSA) is 46.6 Å². The smallest absolute Gasteiger partial charge is 0.319 e. The monoisotopic (exact) mass is 271 g/mol. The lowest BCUT2D eigenvalue weighted by molar-refractivity contribution is -0.141. The molecule has 0 bridgehead atoms. The number of carbonyl (C=O) groups excluding carboxylic acids is 2. The predicted molar refractivity (Wildman–Crippen MR) is 72.1 cm³/mol. The first-order valence-electron chi connectivity index (χ1n) is 5.42. The van der Waals surface area contributed by atoms with Gasteiger partial charge in [-0.3, -0.25) is 14.5 Å². The van der Waals surface area contributed by atoms with Gasteiger partial charge in [0.2, 0.25) is 0 Å². The molecule has 0 spiro atoms. The zero-order valence-electron chi connectivity index (χ0n) is 10.8. The van der Waals surface area contributed by atoms with Crippen molar-refractivity contribution in [1.82, 2.24) is 4.90 Å². The van der Waals surface area contributed by atoms with Crippen molar-refractivity contribution in [2.24, 2.45) is 0 Å². The normalized spacial score (nSPS) is 11.6. The SMILES string of the molecule is COC(=O)CN(C)C(C)C(=O)c1ccccc1.Cl. The van der Waals surface area contributed by atoms with E-state index in [4.69, 9.17) is 0 Å². The first-order chi connectivity index (χ1) is 8.06. The summed E-state index contributed by atoms with van der Waals surface area (Å²) in [6.07, 6.45) is 0. The number of benzene rings is 1. The number of hydrogen-bond acceptors (Lipinski definition) is 4. The first-order valence-corrected chi connectivity index (χ1v) is 5.42. The standard InChI is InChI=1S/C13H17NO3.ClH/c1-10(14(2)9-12(15)17-3)13(16)11-7-5-4-6-8-11;/h4-8,10H,9H2,1-3H3;1H. The Kier molecular flexibility index (Phi) is 7.24. The molecule has 0 heterocycles. The van der Waals surface area contributed by atoms with Gasteiger partial charge in [-0.25, -0.2) is 0 Å². The molecule has 0 radical (unpaired) electrons. The van der Waals surface area contributed by atoms with E-state index in [-0.39, 0.29) is 36.7 Å². The molecule has 0 aliphatic heterocycles. The molecule has 0 aliphatic carbocycles. The minimum absolute atomic E-state index is 0. The number of rotatable bonds is 5. The van der Waals surface area contributed by atoms with E-state index < -0.39 is 0 Å². The Bertz CT molecular complexity index is 394. The van der Waals surface area contributed by atoms with Crippen molar-refractivity contribution in [3.8, 4) is 0 Å². The van der Waals surface area contributed by atoms with Crippen LogP contribution in [-0.4, -0.2) is 43.4 Å². The average molecular weight is 272 g/mol. The Labute approximate surface area is 113 Å². The van der Waals surface area contributed by atoms with Crippen LogP contribution < -0.4 is 0 Å². The highest BCUT2D eigenvalue weighted by Gasteiger charge is 2.21. The molecule has 5 heteroatoms. The summed E-state index contributed by atoms with van der Waals surface area (Å²) in [5, 5.41) is 0. The fourth-order valence-electron chi connectivity index (χ4n) is 1.45. The van der Waals surface area contributed by atoms with Gasteiger partial charge in [0.25, 0.3) is 0 Å². The molecule has 0 saturated carbocycles. The minimum Gasteiger partial charge on any atom is -0.468 e. The van der Waals surface area contributed by atoms with Crippen molar-refractivity contribution in [1.29, 1.82) is 0 Å². The average Bonchev–Trinajstić information content (AvgIpc) is 2.37. The largest absolute Gasteiger partial charge is 0.468 e. The molecule has 0 fully saturated rings. The van der Waals surface area contributed by atoms with Crippen molar-refractivity contribution in [2.45, 2.75) is 13.0 Å².